The summed E-state index contributed by atoms with van der Waals surface area (Å²) in [4.78, 5) is 74.3. The van der Waals surface area contributed by atoms with Crippen LogP contribution in [0.25, 0.3) is 0 Å². The van der Waals surface area contributed by atoms with Crippen LogP contribution in [0.2, 0.25) is 0 Å². The van der Waals surface area contributed by atoms with E-state index in [2.05, 4.69) is 5.32 Å². The van der Waals surface area contributed by atoms with Gasteiger partial charge in [-0.25, -0.2) is 9.59 Å². The van der Waals surface area contributed by atoms with Crippen LogP contribution in [0.3, 0.4) is 0 Å². The average Bonchev–Trinajstić information content (AvgIpc) is 3.22. The number of hydrogen-bond acceptors (Lipinski definition) is 13. The quantitative estimate of drug-likeness (QED) is 0.0493. The number of benzene rings is 3. The van der Waals surface area contributed by atoms with Crippen LogP contribution in [-0.2, 0) is 67.4 Å². The van der Waals surface area contributed by atoms with Crippen molar-refractivity contribution in [1.29, 1.82) is 0 Å². The molecule has 61 heavy (non-hydrogen) atoms. The van der Waals surface area contributed by atoms with Crippen molar-refractivity contribution >= 4 is 36.4 Å². The first-order chi connectivity index (χ1) is 29.0. The number of esters is 3. The molecule has 0 spiro atoms. The number of hydrogen-bond donors (Lipinski definition) is 1. The summed E-state index contributed by atoms with van der Waals surface area (Å²) in [5.74, 6) is -1.25. The van der Waals surface area contributed by atoms with Gasteiger partial charge in [-0.3, -0.25) is 14.4 Å². The van der Waals surface area contributed by atoms with Crippen LogP contribution in [0.15, 0.2) is 91.0 Å². The van der Waals surface area contributed by atoms with Crippen molar-refractivity contribution < 1.29 is 57.2 Å². The number of carbonyl (C=O) groups is 6. The lowest BCUT2D eigenvalue weighted by Gasteiger charge is -2.25. The maximum Gasteiger partial charge on any atom is 0.410 e. The molecule has 15 heteroatoms. The van der Waals surface area contributed by atoms with Gasteiger partial charge in [-0.2, -0.15) is 0 Å². The molecule has 2 amide bonds. The van der Waals surface area contributed by atoms with E-state index in [1.165, 1.54) is 16.9 Å². The average molecular weight is 850 g/mol. The fraction of sp³-hybridized carbons (Fsp3) is 0.478. The van der Waals surface area contributed by atoms with E-state index >= 15 is 0 Å². The van der Waals surface area contributed by atoms with Crippen molar-refractivity contribution in [2.45, 2.75) is 97.9 Å². The Morgan fingerprint density at radius 3 is 1.48 bits per heavy atom. The molecule has 0 fully saturated rings. The molecule has 0 aliphatic carbocycles. The SMILES string of the molecule is CC(C)(C)OC(=O)CCN(CC=O)C(=O)OCc1ccccc1.COC(=O)[C@H](CCOCc1ccccc1)NCCN(CCC(=O)OC(C)(C)C)C(=O)OCc1ccccc1. The molecule has 3 aromatic rings. The maximum atomic E-state index is 12.8. The van der Waals surface area contributed by atoms with E-state index in [-0.39, 0.29) is 58.8 Å². The number of methoxy groups -OCH3 is 1. The zero-order valence-corrected chi connectivity index (χ0v) is 36.6. The highest BCUT2D eigenvalue weighted by Crippen LogP contribution is 2.12. The Morgan fingerprint density at radius 1 is 0.623 bits per heavy atom. The molecule has 334 valence electrons. The highest BCUT2D eigenvalue weighted by molar-refractivity contribution is 5.76. The molecule has 0 aliphatic heterocycles. The third-order valence-electron chi connectivity index (χ3n) is 8.15. The van der Waals surface area contributed by atoms with Gasteiger partial charge in [-0.1, -0.05) is 91.0 Å². The standard InChI is InChI=1S/C29H40N2O7.C17H23NO5/c1-29(2,3)38-26(32)15-18-31(28(34)37-22-24-13-9-6-10-14-24)19-17-30-25(27(33)35-4)16-20-36-21-23-11-7-5-8-12-23;1-17(2,3)23-15(20)9-10-18(11-12-19)16(21)22-13-14-7-5-4-6-8-14/h5-14,25,30H,15-22H2,1-4H3;4-8,12H,9-11,13H2,1-3H3/t25-;/m0./s1. The Bertz CT molecular complexity index is 1750. The van der Waals surface area contributed by atoms with Gasteiger partial charge >= 0.3 is 30.1 Å². The Morgan fingerprint density at radius 2 is 1.05 bits per heavy atom. The Hall–Kier alpha value is -5.80. The summed E-state index contributed by atoms with van der Waals surface area (Å²) in [5, 5.41) is 3.13. The van der Waals surface area contributed by atoms with Crippen LogP contribution >= 0.6 is 0 Å². The third-order valence-corrected chi connectivity index (χ3v) is 8.15. The molecule has 0 saturated heterocycles. The van der Waals surface area contributed by atoms with Crippen molar-refractivity contribution in [3.05, 3.63) is 108 Å². The van der Waals surface area contributed by atoms with Crippen LogP contribution < -0.4 is 5.32 Å². The first-order valence-electron chi connectivity index (χ1n) is 20.2. The number of aldehydes is 1. The van der Waals surface area contributed by atoms with Crippen molar-refractivity contribution in [3.63, 3.8) is 0 Å². The zero-order valence-electron chi connectivity index (χ0n) is 36.6. The second-order valence-electron chi connectivity index (χ2n) is 15.7. The minimum atomic E-state index is -0.635. The van der Waals surface area contributed by atoms with E-state index in [4.69, 9.17) is 28.4 Å². The lowest BCUT2D eigenvalue weighted by Crippen LogP contribution is -2.44. The van der Waals surface area contributed by atoms with Crippen LogP contribution in [0.1, 0.15) is 77.5 Å². The molecule has 3 aromatic carbocycles. The number of nitrogens with zero attached hydrogens (tertiary/aromatic N) is 2. The van der Waals surface area contributed by atoms with Gasteiger partial charge in [0.25, 0.3) is 0 Å². The lowest BCUT2D eigenvalue weighted by molar-refractivity contribution is -0.156. The molecule has 0 aromatic heterocycles. The summed E-state index contributed by atoms with van der Waals surface area (Å²) in [7, 11) is 1.33. The smallest absolute Gasteiger partial charge is 0.410 e. The second-order valence-corrected chi connectivity index (χ2v) is 15.7. The normalized spacial score (nSPS) is 11.5. The molecule has 0 radical (unpaired) electrons. The molecule has 3 rings (SSSR count). The predicted octanol–water partition coefficient (Wildman–Crippen LogP) is 6.65. The molecule has 0 aliphatic rings. The number of ether oxygens (including phenoxy) is 6. The Labute approximate surface area is 359 Å². The molecular formula is C46H63N3O12. The summed E-state index contributed by atoms with van der Waals surface area (Å²) >= 11 is 0. The van der Waals surface area contributed by atoms with Gasteiger partial charge in [-0.15, -0.1) is 0 Å². The van der Waals surface area contributed by atoms with Gasteiger partial charge in [0, 0.05) is 32.8 Å². The van der Waals surface area contributed by atoms with Gasteiger partial charge < -0.3 is 48.3 Å². The Kier molecular flexibility index (Phi) is 23.5. The number of amides is 2. The highest BCUT2D eigenvalue weighted by atomic mass is 16.6. The molecule has 1 N–H and O–H groups in total. The zero-order chi connectivity index (χ0) is 45.1. The van der Waals surface area contributed by atoms with E-state index in [1.807, 2.05) is 91.0 Å². The molecule has 1 atom stereocenters. The van der Waals surface area contributed by atoms with Gasteiger partial charge in [0.05, 0.1) is 33.1 Å². The van der Waals surface area contributed by atoms with E-state index in [0.29, 0.717) is 25.9 Å². The van der Waals surface area contributed by atoms with Crippen molar-refractivity contribution in [1.82, 2.24) is 15.1 Å². The van der Waals surface area contributed by atoms with Crippen LogP contribution in [-0.4, -0.2) is 110 Å². The number of nitrogens with one attached hydrogen (secondary N) is 1. The monoisotopic (exact) mass is 849 g/mol. The van der Waals surface area contributed by atoms with Crippen LogP contribution in [0.5, 0.6) is 0 Å². The van der Waals surface area contributed by atoms with Gasteiger partial charge in [0.2, 0.25) is 0 Å². The molecule has 15 nitrogen and oxygen atoms in total. The topological polar surface area (TPSA) is 176 Å². The number of carbonyl (C=O) groups excluding carboxylic acids is 6. The van der Waals surface area contributed by atoms with Gasteiger partial charge in [-0.05, 0) is 64.7 Å². The van der Waals surface area contributed by atoms with E-state index in [1.54, 1.807) is 41.5 Å². The number of rotatable bonds is 22. The first-order valence-corrected chi connectivity index (χ1v) is 20.2. The van der Waals surface area contributed by atoms with E-state index in [9.17, 15) is 28.8 Å². The first kappa shape index (κ1) is 51.3. The molecule has 0 unspecified atom stereocenters. The minimum Gasteiger partial charge on any atom is -0.468 e. The lowest BCUT2D eigenvalue weighted by atomic mass is 10.2. The fourth-order valence-corrected chi connectivity index (χ4v) is 5.28. The van der Waals surface area contributed by atoms with Gasteiger partial charge in [0.15, 0.2) is 0 Å². The van der Waals surface area contributed by atoms with E-state index < -0.39 is 47.3 Å². The summed E-state index contributed by atoms with van der Waals surface area (Å²) in [6, 6.07) is 27.7. The molecule has 0 bridgehead atoms. The summed E-state index contributed by atoms with van der Waals surface area (Å²) in [5.41, 5.74) is 1.55. The van der Waals surface area contributed by atoms with Crippen molar-refractivity contribution in [2.75, 3.05) is 46.4 Å². The van der Waals surface area contributed by atoms with Crippen LogP contribution in [0, 0.1) is 0 Å². The largest absolute Gasteiger partial charge is 0.468 e. The minimum absolute atomic E-state index is 0.00550. The fourth-order valence-electron chi connectivity index (χ4n) is 5.28. The summed E-state index contributed by atoms with van der Waals surface area (Å²) in [6.07, 6.45) is -0.171. The highest BCUT2D eigenvalue weighted by Gasteiger charge is 2.23. The maximum absolute atomic E-state index is 12.8. The predicted molar refractivity (Wildman–Crippen MR) is 228 cm³/mol. The molecule has 0 heterocycles. The molecular weight excluding hydrogens is 787 g/mol. The van der Waals surface area contributed by atoms with Crippen LogP contribution in [0.4, 0.5) is 9.59 Å². The molecule has 0 saturated carbocycles. The summed E-state index contributed by atoms with van der Waals surface area (Å²) in [6.45, 7) is 12.2. The van der Waals surface area contributed by atoms with Gasteiger partial charge in [0.1, 0.15) is 36.7 Å². The Balaban J connectivity index is 0.000000476. The third kappa shape index (κ3) is 24.2. The van der Waals surface area contributed by atoms with Crippen molar-refractivity contribution in [2.24, 2.45) is 0 Å². The second kappa shape index (κ2) is 27.9. The summed E-state index contributed by atoms with van der Waals surface area (Å²) < 4.78 is 31.8. The van der Waals surface area contributed by atoms with Crippen molar-refractivity contribution in [3.8, 4) is 0 Å². The van der Waals surface area contributed by atoms with E-state index in [0.717, 1.165) is 16.7 Å².